The summed E-state index contributed by atoms with van der Waals surface area (Å²) >= 11 is 5.79. The van der Waals surface area contributed by atoms with Gasteiger partial charge in [-0.2, -0.15) is 0 Å². The Morgan fingerprint density at radius 2 is 1.53 bits per heavy atom. The van der Waals surface area contributed by atoms with Gasteiger partial charge < -0.3 is 15.4 Å². The number of benzene rings is 3. The lowest BCUT2D eigenvalue weighted by Gasteiger charge is -2.09. The summed E-state index contributed by atoms with van der Waals surface area (Å²) < 4.78 is 5.56. The van der Waals surface area contributed by atoms with E-state index >= 15 is 0 Å². The second-order valence-corrected chi connectivity index (χ2v) is 6.64. The van der Waals surface area contributed by atoms with Crippen LogP contribution in [0.2, 0.25) is 5.02 Å². The Labute approximate surface area is 176 Å². The molecule has 152 valence electrons. The molecule has 30 heavy (non-hydrogen) atoms. The van der Waals surface area contributed by atoms with Gasteiger partial charge in [0.15, 0.2) is 0 Å². The number of anilines is 2. The van der Waals surface area contributed by atoms with Crippen LogP contribution in [-0.4, -0.2) is 16.7 Å². The molecule has 2 amide bonds. The third-order valence-electron chi connectivity index (χ3n) is 3.93. The first-order valence-electron chi connectivity index (χ1n) is 8.73. The summed E-state index contributed by atoms with van der Waals surface area (Å²) in [6.07, 6.45) is 0. The molecular weight excluding hydrogens is 410 g/mol. The van der Waals surface area contributed by atoms with E-state index in [2.05, 4.69) is 10.6 Å². The second-order valence-electron chi connectivity index (χ2n) is 6.21. The molecule has 0 aromatic heterocycles. The van der Waals surface area contributed by atoms with Crippen LogP contribution in [0.4, 0.5) is 17.1 Å². The van der Waals surface area contributed by atoms with Gasteiger partial charge in [-0.15, -0.1) is 0 Å². The Kier molecular flexibility index (Phi) is 6.29. The van der Waals surface area contributed by atoms with Crippen molar-refractivity contribution in [3.05, 3.63) is 87.4 Å². The van der Waals surface area contributed by atoms with Crippen molar-refractivity contribution in [2.75, 3.05) is 10.6 Å². The smallest absolute Gasteiger partial charge is 0.313 e. The number of hydrogen-bond acceptors (Lipinski definition) is 5. The van der Waals surface area contributed by atoms with E-state index in [1.165, 1.54) is 49.4 Å². The van der Waals surface area contributed by atoms with Crippen LogP contribution in [0.3, 0.4) is 0 Å². The van der Waals surface area contributed by atoms with Crippen molar-refractivity contribution in [1.82, 2.24) is 0 Å². The molecule has 0 fully saturated rings. The Bertz CT molecular complexity index is 1100. The molecule has 9 heteroatoms. The number of rotatable bonds is 6. The largest absolute Gasteiger partial charge is 0.450 e. The molecule has 0 saturated carbocycles. The van der Waals surface area contributed by atoms with Gasteiger partial charge in [-0.3, -0.25) is 19.7 Å². The first-order valence-corrected chi connectivity index (χ1v) is 9.10. The Morgan fingerprint density at radius 3 is 2.10 bits per heavy atom. The summed E-state index contributed by atoms with van der Waals surface area (Å²) in [6, 6.07) is 16.9. The molecule has 0 unspecified atom stereocenters. The number of ether oxygens (including phenoxy) is 1. The van der Waals surface area contributed by atoms with Crippen LogP contribution in [0.1, 0.15) is 17.3 Å². The fraction of sp³-hybridized carbons (Fsp3) is 0.0476. The van der Waals surface area contributed by atoms with Crippen molar-refractivity contribution in [3.8, 4) is 11.5 Å². The number of nitrogens with zero attached hydrogens (tertiary/aromatic N) is 1. The van der Waals surface area contributed by atoms with Crippen LogP contribution in [-0.2, 0) is 4.79 Å². The van der Waals surface area contributed by atoms with Gasteiger partial charge in [-0.05, 0) is 60.7 Å². The third kappa shape index (κ3) is 5.33. The molecule has 0 aliphatic rings. The van der Waals surface area contributed by atoms with Gasteiger partial charge in [-0.1, -0.05) is 11.6 Å². The summed E-state index contributed by atoms with van der Waals surface area (Å²) in [6.45, 7) is 1.41. The van der Waals surface area contributed by atoms with Gasteiger partial charge in [0.1, 0.15) is 5.75 Å². The molecule has 3 rings (SSSR count). The summed E-state index contributed by atoms with van der Waals surface area (Å²) in [4.78, 5) is 34.0. The molecule has 0 radical (unpaired) electrons. The van der Waals surface area contributed by atoms with E-state index in [1.54, 1.807) is 24.3 Å². The molecule has 3 aromatic rings. The van der Waals surface area contributed by atoms with Gasteiger partial charge in [-0.25, -0.2) is 0 Å². The zero-order chi connectivity index (χ0) is 21.7. The highest BCUT2D eigenvalue weighted by atomic mass is 35.5. The average molecular weight is 426 g/mol. The first-order chi connectivity index (χ1) is 14.3. The normalized spacial score (nSPS) is 10.2. The van der Waals surface area contributed by atoms with E-state index in [1.807, 2.05) is 0 Å². The summed E-state index contributed by atoms with van der Waals surface area (Å²) in [5.74, 6) is -0.151. The number of hydrogen-bond donors (Lipinski definition) is 2. The van der Waals surface area contributed by atoms with Gasteiger partial charge in [0.2, 0.25) is 11.7 Å². The molecule has 3 aromatic carbocycles. The van der Waals surface area contributed by atoms with Crippen LogP contribution < -0.4 is 15.4 Å². The van der Waals surface area contributed by atoms with E-state index in [-0.39, 0.29) is 28.3 Å². The number of nitrogens with one attached hydrogen (secondary N) is 2. The molecule has 0 heterocycles. The fourth-order valence-electron chi connectivity index (χ4n) is 2.56. The Hall–Kier alpha value is -3.91. The van der Waals surface area contributed by atoms with Crippen LogP contribution >= 0.6 is 11.6 Å². The van der Waals surface area contributed by atoms with Crippen LogP contribution in [0.5, 0.6) is 11.5 Å². The quantitative estimate of drug-likeness (QED) is 0.414. The maximum absolute atomic E-state index is 12.4. The molecule has 2 N–H and O–H groups in total. The lowest BCUT2D eigenvalue weighted by molar-refractivity contribution is -0.385. The van der Waals surface area contributed by atoms with E-state index in [0.717, 1.165) is 0 Å². The predicted octanol–water partition coefficient (Wildman–Crippen LogP) is 5.25. The Balaban J connectivity index is 1.67. The number of nitro groups is 1. The molecule has 0 saturated heterocycles. The van der Waals surface area contributed by atoms with Crippen molar-refractivity contribution in [2.24, 2.45) is 0 Å². The second kappa shape index (κ2) is 9.06. The van der Waals surface area contributed by atoms with Crippen molar-refractivity contribution >= 4 is 40.5 Å². The van der Waals surface area contributed by atoms with Crippen molar-refractivity contribution in [1.29, 1.82) is 0 Å². The van der Waals surface area contributed by atoms with Gasteiger partial charge in [0, 0.05) is 35.0 Å². The number of carbonyl (C=O) groups is 2. The summed E-state index contributed by atoms with van der Waals surface area (Å²) in [7, 11) is 0. The van der Waals surface area contributed by atoms with Gasteiger partial charge in [0.25, 0.3) is 5.91 Å². The monoisotopic (exact) mass is 425 g/mol. The number of carbonyl (C=O) groups excluding carboxylic acids is 2. The van der Waals surface area contributed by atoms with Crippen LogP contribution in [0, 0.1) is 10.1 Å². The van der Waals surface area contributed by atoms with E-state index in [9.17, 15) is 19.7 Å². The highest BCUT2D eigenvalue weighted by Gasteiger charge is 2.16. The molecule has 0 bridgehead atoms. The minimum Gasteiger partial charge on any atom is -0.450 e. The predicted molar refractivity (Wildman–Crippen MR) is 113 cm³/mol. The van der Waals surface area contributed by atoms with Crippen molar-refractivity contribution in [2.45, 2.75) is 6.92 Å². The molecule has 0 spiro atoms. The molecule has 8 nitrogen and oxygen atoms in total. The average Bonchev–Trinajstić information content (AvgIpc) is 2.71. The minimum absolute atomic E-state index is 0.0425. The minimum atomic E-state index is -0.583. The number of amides is 2. The third-order valence-corrected chi connectivity index (χ3v) is 4.16. The van der Waals surface area contributed by atoms with Gasteiger partial charge in [0.05, 0.1) is 4.92 Å². The summed E-state index contributed by atoms with van der Waals surface area (Å²) in [5, 5.41) is 16.8. The topological polar surface area (TPSA) is 111 Å². The summed E-state index contributed by atoms with van der Waals surface area (Å²) in [5.41, 5.74) is 1.30. The molecule has 0 aliphatic heterocycles. The van der Waals surface area contributed by atoms with Crippen LogP contribution in [0.15, 0.2) is 66.7 Å². The lowest BCUT2D eigenvalue weighted by Crippen LogP contribution is -2.12. The zero-order valence-corrected chi connectivity index (χ0v) is 16.5. The first kappa shape index (κ1) is 20.8. The number of halogens is 1. The lowest BCUT2D eigenvalue weighted by atomic mass is 10.2. The highest BCUT2D eigenvalue weighted by Crippen LogP contribution is 2.33. The molecule has 0 atom stereocenters. The standard InChI is InChI=1S/C21H16ClN3O5/c1-13(26)23-16-5-7-17(8-6-16)24-21(27)14-2-9-18(10-3-14)30-20-11-4-15(22)12-19(20)25(28)29/h2-12H,1H3,(H,23,26)(H,24,27). The SMILES string of the molecule is CC(=O)Nc1ccc(NC(=O)c2ccc(Oc3ccc(Cl)cc3[N+](=O)[O-])cc2)cc1. The maximum atomic E-state index is 12.4. The fourth-order valence-corrected chi connectivity index (χ4v) is 2.73. The molecule has 0 aliphatic carbocycles. The highest BCUT2D eigenvalue weighted by molar-refractivity contribution is 6.30. The van der Waals surface area contributed by atoms with E-state index in [4.69, 9.17) is 16.3 Å². The number of nitro benzene ring substituents is 1. The van der Waals surface area contributed by atoms with Gasteiger partial charge >= 0.3 is 5.69 Å². The Morgan fingerprint density at radius 1 is 0.933 bits per heavy atom. The molecular formula is C21H16ClN3O5. The zero-order valence-electron chi connectivity index (χ0n) is 15.7. The van der Waals surface area contributed by atoms with E-state index in [0.29, 0.717) is 22.7 Å². The van der Waals surface area contributed by atoms with Crippen molar-refractivity contribution in [3.63, 3.8) is 0 Å². The maximum Gasteiger partial charge on any atom is 0.313 e. The van der Waals surface area contributed by atoms with Crippen LogP contribution in [0.25, 0.3) is 0 Å². The van der Waals surface area contributed by atoms with Crippen molar-refractivity contribution < 1.29 is 19.2 Å². The van der Waals surface area contributed by atoms with E-state index < -0.39 is 4.92 Å².